The molecule has 2 N–H and O–H groups in total. The predicted octanol–water partition coefficient (Wildman–Crippen LogP) is 1.30. The van der Waals surface area contributed by atoms with Gasteiger partial charge >= 0.3 is 0 Å². The number of benzene rings is 1. The maximum atomic E-state index is 14.0. The van der Waals surface area contributed by atoms with Crippen LogP contribution in [0.3, 0.4) is 0 Å². The van der Waals surface area contributed by atoms with E-state index in [-0.39, 0.29) is 101 Å². The van der Waals surface area contributed by atoms with Crippen LogP contribution in [-0.4, -0.2) is 187 Å². The van der Waals surface area contributed by atoms with Crippen LogP contribution in [0.2, 0.25) is 0 Å². The number of ketones is 7. The second-order valence-electron chi connectivity index (χ2n) is 17.1. The van der Waals surface area contributed by atoms with E-state index in [1.54, 1.807) is 24.3 Å². The summed E-state index contributed by atoms with van der Waals surface area (Å²) < 4.78 is 26.1. The Balaban J connectivity index is 1.13. The Morgan fingerprint density at radius 1 is 0.726 bits per heavy atom. The molecule has 3 aliphatic heterocycles. The number of nitrogens with one attached hydrogen (secondary N) is 2. The van der Waals surface area contributed by atoms with E-state index in [0.717, 1.165) is 43.0 Å². The lowest BCUT2D eigenvalue weighted by atomic mass is 9.69. The van der Waals surface area contributed by atoms with Gasteiger partial charge in [0.25, 0.3) is 0 Å². The monoisotopic (exact) mass is 1080 g/mol. The van der Waals surface area contributed by atoms with Crippen molar-refractivity contribution in [3.8, 4) is 0 Å². The minimum absolute atomic E-state index is 0.141. The Labute approximate surface area is 434 Å². The number of hydrogen-bond acceptors (Lipinski definition) is 21. The van der Waals surface area contributed by atoms with Crippen LogP contribution in [0.1, 0.15) is 71.8 Å². The van der Waals surface area contributed by atoms with Gasteiger partial charge in [-0.25, -0.2) is 0 Å². The summed E-state index contributed by atoms with van der Waals surface area (Å²) in [7, 11) is 2.53. The van der Waals surface area contributed by atoms with Gasteiger partial charge in [-0.1, -0.05) is 33.7 Å². The van der Waals surface area contributed by atoms with E-state index in [4.69, 9.17) is 23.7 Å². The van der Waals surface area contributed by atoms with Gasteiger partial charge in [-0.2, -0.15) is 0 Å². The topological polar surface area (TPSA) is 299 Å². The van der Waals surface area contributed by atoms with Gasteiger partial charge in [-0.05, 0) is 51.8 Å². The summed E-state index contributed by atoms with van der Waals surface area (Å²) >= 11 is 0.825. The fourth-order valence-electron chi connectivity index (χ4n) is 7.66. The molecular weight excluding hydrogens is 1020 g/mol. The lowest BCUT2D eigenvalue weighted by molar-refractivity contribution is -0.156. The first-order valence-electron chi connectivity index (χ1n) is 23.6. The van der Waals surface area contributed by atoms with Gasteiger partial charge in [0.2, 0.25) is 40.9 Å². The summed E-state index contributed by atoms with van der Waals surface area (Å²) in [5.74, 6) is -9.92. The van der Waals surface area contributed by atoms with Crippen LogP contribution < -0.4 is 10.6 Å². The molecule has 3 fully saturated rings. The lowest BCUT2D eigenvalue weighted by Gasteiger charge is -2.29. The molecule has 400 valence electrons. The molecule has 4 rings (SSSR count). The van der Waals surface area contributed by atoms with Crippen LogP contribution in [0.25, 0.3) is 0 Å². The molecule has 0 aliphatic carbocycles. The fourth-order valence-corrected chi connectivity index (χ4v) is 11.1. The first-order valence-corrected chi connectivity index (χ1v) is 26.8. The number of β-lactam (4-membered cyclic amide) rings is 1. The number of hydrogen-bond donors (Lipinski definition) is 2. The zero-order valence-corrected chi connectivity index (χ0v) is 43.7. The van der Waals surface area contributed by atoms with E-state index in [1.165, 1.54) is 33.4 Å². The second kappa shape index (κ2) is 29.8. The van der Waals surface area contributed by atoms with Gasteiger partial charge in [-0.15, -0.1) is 11.8 Å². The van der Waals surface area contributed by atoms with Crippen molar-refractivity contribution in [2.75, 3.05) is 96.8 Å². The second-order valence-corrected chi connectivity index (χ2v) is 21.2. The van der Waals surface area contributed by atoms with Crippen LogP contribution in [0, 0.1) is 11.3 Å². The predicted molar refractivity (Wildman–Crippen MR) is 265 cm³/mol. The van der Waals surface area contributed by atoms with Crippen LogP contribution in [0.5, 0.6) is 0 Å². The van der Waals surface area contributed by atoms with E-state index < -0.39 is 92.8 Å². The van der Waals surface area contributed by atoms with Crippen molar-refractivity contribution in [3.05, 3.63) is 29.8 Å². The molecular formula is C48H62N4O18S3. The average molecular weight is 1080 g/mol. The van der Waals surface area contributed by atoms with Gasteiger partial charge in [0.05, 0.1) is 58.1 Å². The number of likely N-dealkylation sites (tertiary alicyclic amines) is 2. The number of amides is 6. The Morgan fingerprint density at radius 3 is 1.85 bits per heavy atom. The molecule has 2 atom stereocenters. The third-order valence-electron chi connectivity index (χ3n) is 11.8. The minimum atomic E-state index is -2.71. The summed E-state index contributed by atoms with van der Waals surface area (Å²) in [5, 5.41) is 4.19. The SMILES string of the molecule is CC(=O)C1(C(=O)CCOCCOCCOCCOCCNC(=O)CCN2C(=O)CC(SC[C@H](CC(=O)COCC(=O)Nc3ccc(CCC(=O)N4CCC4=O)cc3)C(=O)C(C(C)=O)(C(C)=O)C(C)=O)C2=O)SS1. The van der Waals surface area contributed by atoms with Crippen molar-refractivity contribution < 1.29 is 86.0 Å². The fraction of sp³-hybridized carbons (Fsp3) is 0.604. The maximum Gasteiger partial charge on any atom is 0.250 e. The molecule has 73 heavy (non-hydrogen) atoms. The minimum Gasteiger partial charge on any atom is -0.379 e. The number of thioether (sulfide) groups is 1. The number of ether oxygens (including phenoxy) is 5. The van der Waals surface area contributed by atoms with Crippen LogP contribution in [0.15, 0.2) is 24.3 Å². The van der Waals surface area contributed by atoms with Crippen LogP contribution in [0.4, 0.5) is 5.69 Å². The molecule has 3 aliphatic rings. The van der Waals surface area contributed by atoms with E-state index in [2.05, 4.69) is 10.6 Å². The molecule has 3 saturated heterocycles. The van der Waals surface area contributed by atoms with E-state index >= 15 is 0 Å². The molecule has 1 aromatic carbocycles. The number of nitrogens with zero attached hydrogens (tertiary/aromatic N) is 2. The van der Waals surface area contributed by atoms with E-state index in [9.17, 15) is 62.3 Å². The zero-order chi connectivity index (χ0) is 53.7. The van der Waals surface area contributed by atoms with Gasteiger partial charge in [0, 0.05) is 75.5 Å². The van der Waals surface area contributed by atoms with Crippen molar-refractivity contribution in [2.24, 2.45) is 11.3 Å². The lowest BCUT2D eigenvalue weighted by Crippen LogP contribution is -2.53. The van der Waals surface area contributed by atoms with E-state index in [1.807, 2.05) is 0 Å². The highest BCUT2D eigenvalue weighted by Crippen LogP contribution is 2.66. The number of aryl methyl sites for hydroxylation is 1. The summed E-state index contributed by atoms with van der Waals surface area (Å²) in [5.41, 5.74) is -1.52. The number of rotatable bonds is 38. The smallest absolute Gasteiger partial charge is 0.250 e. The average Bonchev–Trinajstić information content (AvgIpc) is 4.11. The van der Waals surface area contributed by atoms with Gasteiger partial charge < -0.3 is 34.3 Å². The van der Waals surface area contributed by atoms with Crippen molar-refractivity contribution in [3.63, 3.8) is 0 Å². The molecule has 3 heterocycles. The van der Waals surface area contributed by atoms with E-state index in [0.29, 0.717) is 44.9 Å². The number of anilines is 1. The molecule has 0 saturated carbocycles. The van der Waals surface area contributed by atoms with Crippen LogP contribution in [-0.2, 0) is 92.4 Å². The molecule has 0 spiro atoms. The van der Waals surface area contributed by atoms with Crippen molar-refractivity contribution in [1.29, 1.82) is 0 Å². The Morgan fingerprint density at radius 2 is 1.32 bits per heavy atom. The first-order chi connectivity index (χ1) is 34.7. The summed E-state index contributed by atoms with van der Waals surface area (Å²) in [6, 6.07) is 6.61. The Bertz CT molecular complexity index is 2220. The van der Waals surface area contributed by atoms with Crippen molar-refractivity contribution in [2.45, 2.75) is 82.0 Å². The van der Waals surface area contributed by atoms with Crippen molar-refractivity contribution >= 4 is 115 Å². The summed E-state index contributed by atoms with van der Waals surface area (Å²) in [4.78, 5) is 167. The van der Waals surface area contributed by atoms with Gasteiger partial charge in [0.15, 0.2) is 44.6 Å². The molecule has 0 radical (unpaired) electrons. The quantitative estimate of drug-likeness (QED) is 0.0236. The number of imide groups is 2. The third kappa shape index (κ3) is 17.8. The molecule has 1 unspecified atom stereocenters. The normalized spacial score (nSPS) is 16.4. The molecule has 22 nitrogen and oxygen atoms in total. The molecule has 25 heteroatoms. The Hall–Kier alpha value is -5.02. The zero-order valence-electron chi connectivity index (χ0n) is 41.3. The number of carbonyl (C=O) groups is 13. The molecule has 0 bridgehead atoms. The number of Topliss-reactive ketones (excluding diaryl/α,β-unsaturated/α-hetero) is 7. The number of carbonyl (C=O) groups excluding carboxylic acids is 13. The van der Waals surface area contributed by atoms with Gasteiger partial charge in [0.1, 0.15) is 13.2 Å². The Kier molecular flexibility index (Phi) is 24.7. The highest BCUT2D eigenvalue weighted by Gasteiger charge is 2.57. The van der Waals surface area contributed by atoms with Crippen molar-refractivity contribution in [1.82, 2.24) is 15.1 Å². The highest BCUT2D eigenvalue weighted by atomic mass is 33.2. The largest absolute Gasteiger partial charge is 0.379 e. The maximum absolute atomic E-state index is 14.0. The van der Waals surface area contributed by atoms with Crippen LogP contribution >= 0.6 is 33.3 Å². The molecule has 1 aromatic rings. The third-order valence-corrected chi connectivity index (χ3v) is 16.2. The van der Waals surface area contributed by atoms with Gasteiger partial charge in [-0.3, -0.25) is 72.1 Å². The standard InChI is InChI=1S/C48H62N4O18S3/c1-30(53)47(31(2)54,32(3)55)45(64)35(25-37(57)27-70-28-41(60)50-36-8-5-34(6-9-36)7-10-42(61)51-16-12-43(51)62)29-71-38-26-44(63)52(46(38)65)15-11-40(59)49-14-18-67-20-22-69-24-23-68-21-19-66-17-13-39(58)48(33(4)56)72-73-48/h5-6,8-9,35,38H,7,10-29H2,1-4H3,(H,49,59)(H,50,60)/t35-,38?/m0/s1. The summed E-state index contributed by atoms with van der Waals surface area (Å²) in [6.07, 6.45) is -0.103. The first kappa shape index (κ1) is 60.5. The summed E-state index contributed by atoms with van der Waals surface area (Å²) in [6.45, 7) is 5.28. The highest BCUT2D eigenvalue weighted by molar-refractivity contribution is 8.94. The molecule has 6 amide bonds. The molecule has 0 aromatic heterocycles.